The molecule has 0 unspecified atom stereocenters. The number of piperazine rings is 1. The molecule has 1 saturated heterocycles. The maximum absolute atomic E-state index is 4.41. The minimum Gasteiger partial charge on any atom is -0.314 e. The Hall–Kier alpha value is -1.05. The second-order valence-electron chi connectivity index (χ2n) is 3.58. The van der Waals surface area contributed by atoms with Crippen molar-refractivity contribution in [3.8, 4) is 0 Å². The Morgan fingerprint density at radius 3 is 3.07 bits per heavy atom. The number of aromatic nitrogens is 4. The summed E-state index contributed by atoms with van der Waals surface area (Å²) in [7, 11) is 0. The van der Waals surface area contributed by atoms with Gasteiger partial charge in [-0.3, -0.25) is 4.90 Å². The zero-order chi connectivity index (χ0) is 10.1. The molecular formula is C8H12N6S. The van der Waals surface area contributed by atoms with Gasteiger partial charge >= 0.3 is 0 Å². The van der Waals surface area contributed by atoms with E-state index in [-0.39, 0.29) is 0 Å². The molecule has 0 aliphatic carbocycles. The summed E-state index contributed by atoms with van der Waals surface area (Å²) in [5.41, 5.74) is 0. The maximum atomic E-state index is 4.41. The van der Waals surface area contributed by atoms with E-state index in [2.05, 4.69) is 25.5 Å². The summed E-state index contributed by atoms with van der Waals surface area (Å²) in [5, 5.41) is 16.6. The first-order valence-electron chi connectivity index (χ1n) is 5.00. The highest BCUT2D eigenvalue weighted by atomic mass is 32.1. The molecule has 1 aliphatic rings. The van der Waals surface area contributed by atoms with Crippen LogP contribution in [0, 0.1) is 0 Å². The van der Waals surface area contributed by atoms with Gasteiger partial charge in [0.1, 0.15) is 11.3 Å². The smallest absolute Gasteiger partial charge is 0.234 e. The van der Waals surface area contributed by atoms with E-state index in [9.17, 15) is 0 Å². The van der Waals surface area contributed by atoms with E-state index < -0.39 is 0 Å². The molecule has 1 N–H and O–H groups in total. The van der Waals surface area contributed by atoms with Gasteiger partial charge in [0, 0.05) is 26.2 Å². The summed E-state index contributed by atoms with van der Waals surface area (Å²) in [6, 6.07) is 0. The lowest BCUT2D eigenvalue weighted by Crippen LogP contribution is -2.42. The third-order valence-electron chi connectivity index (χ3n) is 2.50. The molecule has 80 valence electrons. The zero-order valence-corrected chi connectivity index (χ0v) is 9.07. The Morgan fingerprint density at radius 1 is 1.40 bits per heavy atom. The number of hydrogen-bond acceptors (Lipinski definition) is 6. The molecule has 1 fully saturated rings. The van der Waals surface area contributed by atoms with Crippen LogP contribution in [0.1, 0.15) is 5.01 Å². The quantitative estimate of drug-likeness (QED) is 0.751. The molecular weight excluding hydrogens is 212 g/mol. The Labute approximate surface area is 90.9 Å². The van der Waals surface area contributed by atoms with Gasteiger partial charge in [-0.15, -0.1) is 10.2 Å². The van der Waals surface area contributed by atoms with Crippen LogP contribution < -0.4 is 5.32 Å². The van der Waals surface area contributed by atoms with Crippen LogP contribution in [0.2, 0.25) is 0 Å². The molecule has 3 rings (SSSR count). The molecule has 6 nitrogen and oxygen atoms in total. The Balaban J connectivity index is 1.74. The van der Waals surface area contributed by atoms with Crippen LogP contribution in [0.15, 0.2) is 6.33 Å². The molecule has 0 radical (unpaired) electrons. The van der Waals surface area contributed by atoms with Crippen molar-refractivity contribution in [3.05, 3.63) is 11.3 Å². The van der Waals surface area contributed by atoms with Crippen molar-refractivity contribution < 1.29 is 0 Å². The van der Waals surface area contributed by atoms with Gasteiger partial charge in [-0.2, -0.15) is 9.61 Å². The Bertz CT molecular complexity index is 414. The van der Waals surface area contributed by atoms with Gasteiger partial charge in [0.15, 0.2) is 0 Å². The SMILES string of the molecule is c1nnc2sc(CN3CCNCC3)nn12. The minimum atomic E-state index is 0.875. The Kier molecular flexibility index (Phi) is 2.35. The zero-order valence-electron chi connectivity index (χ0n) is 8.26. The van der Waals surface area contributed by atoms with E-state index in [1.807, 2.05) is 0 Å². The summed E-state index contributed by atoms with van der Waals surface area (Å²) in [4.78, 5) is 3.28. The van der Waals surface area contributed by atoms with Crippen molar-refractivity contribution in [1.82, 2.24) is 30.0 Å². The monoisotopic (exact) mass is 224 g/mol. The summed E-state index contributed by atoms with van der Waals surface area (Å²) in [6.07, 6.45) is 1.65. The molecule has 2 aromatic heterocycles. The first-order chi connectivity index (χ1) is 7.42. The fourth-order valence-corrected chi connectivity index (χ4v) is 2.58. The number of hydrogen-bond donors (Lipinski definition) is 1. The van der Waals surface area contributed by atoms with Gasteiger partial charge in [-0.05, 0) is 0 Å². The van der Waals surface area contributed by atoms with Crippen molar-refractivity contribution in [1.29, 1.82) is 0 Å². The van der Waals surface area contributed by atoms with Gasteiger partial charge in [-0.25, -0.2) is 0 Å². The molecule has 15 heavy (non-hydrogen) atoms. The van der Waals surface area contributed by atoms with Crippen LogP contribution >= 0.6 is 11.3 Å². The van der Waals surface area contributed by atoms with Gasteiger partial charge < -0.3 is 5.32 Å². The second kappa shape index (κ2) is 3.84. The van der Waals surface area contributed by atoms with Crippen LogP contribution in [-0.4, -0.2) is 50.9 Å². The fourth-order valence-electron chi connectivity index (χ4n) is 1.73. The maximum Gasteiger partial charge on any atom is 0.234 e. The fraction of sp³-hybridized carbons (Fsp3) is 0.625. The average molecular weight is 224 g/mol. The Morgan fingerprint density at radius 2 is 2.27 bits per heavy atom. The number of nitrogens with one attached hydrogen (secondary N) is 1. The lowest BCUT2D eigenvalue weighted by molar-refractivity contribution is 0.232. The first-order valence-corrected chi connectivity index (χ1v) is 5.82. The molecule has 0 spiro atoms. The van der Waals surface area contributed by atoms with Gasteiger partial charge in [-0.1, -0.05) is 11.3 Å². The third kappa shape index (κ3) is 1.85. The summed E-state index contributed by atoms with van der Waals surface area (Å²) < 4.78 is 1.74. The highest BCUT2D eigenvalue weighted by Gasteiger charge is 2.13. The molecule has 0 bridgehead atoms. The molecule has 0 amide bonds. The predicted molar refractivity (Wildman–Crippen MR) is 56.8 cm³/mol. The van der Waals surface area contributed by atoms with Crippen LogP contribution in [0.5, 0.6) is 0 Å². The van der Waals surface area contributed by atoms with Crippen molar-refractivity contribution in [3.63, 3.8) is 0 Å². The molecule has 1 aliphatic heterocycles. The summed E-state index contributed by atoms with van der Waals surface area (Å²) >= 11 is 1.61. The van der Waals surface area contributed by atoms with E-state index in [0.717, 1.165) is 42.7 Å². The number of nitrogens with zero attached hydrogens (tertiary/aromatic N) is 5. The van der Waals surface area contributed by atoms with Crippen LogP contribution in [-0.2, 0) is 6.54 Å². The number of fused-ring (bicyclic) bond motifs is 1. The van der Waals surface area contributed by atoms with Gasteiger partial charge in [0.2, 0.25) is 4.96 Å². The highest BCUT2D eigenvalue weighted by Crippen LogP contribution is 2.13. The molecule has 0 saturated carbocycles. The lowest BCUT2D eigenvalue weighted by atomic mass is 10.4. The average Bonchev–Trinajstić information content (AvgIpc) is 2.79. The van der Waals surface area contributed by atoms with Crippen LogP contribution in [0.3, 0.4) is 0 Å². The van der Waals surface area contributed by atoms with E-state index in [4.69, 9.17) is 0 Å². The van der Waals surface area contributed by atoms with Crippen molar-refractivity contribution in [2.24, 2.45) is 0 Å². The molecule has 7 heteroatoms. The third-order valence-corrected chi connectivity index (χ3v) is 3.39. The van der Waals surface area contributed by atoms with E-state index >= 15 is 0 Å². The summed E-state index contributed by atoms with van der Waals surface area (Å²) in [6.45, 7) is 5.27. The van der Waals surface area contributed by atoms with E-state index in [0.29, 0.717) is 0 Å². The lowest BCUT2D eigenvalue weighted by Gasteiger charge is -2.25. The molecule has 0 aromatic carbocycles. The predicted octanol–water partition coefficient (Wildman–Crippen LogP) is -0.409. The standard InChI is InChI=1S/C8H12N6S/c1-3-13(4-2-9-1)5-7-12-14-6-10-11-8(14)15-7/h6,9H,1-5H2. The second-order valence-corrected chi connectivity index (χ2v) is 4.62. The normalized spacial score (nSPS) is 18.7. The summed E-state index contributed by atoms with van der Waals surface area (Å²) in [5.74, 6) is 0. The highest BCUT2D eigenvalue weighted by molar-refractivity contribution is 7.16. The first kappa shape index (κ1) is 9.20. The van der Waals surface area contributed by atoms with E-state index in [1.165, 1.54) is 0 Å². The van der Waals surface area contributed by atoms with Crippen molar-refractivity contribution in [2.45, 2.75) is 6.54 Å². The number of rotatable bonds is 2. The van der Waals surface area contributed by atoms with Crippen molar-refractivity contribution >= 4 is 16.3 Å². The van der Waals surface area contributed by atoms with Gasteiger partial charge in [0.05, 0.1) is 6.54 Å². The minimum absolute atomic E-state index is 0.875. The van der Waals surface area contributed by atoms with Crippen LogP contribution in [0.25, 0.3) is 4.96 Å². The van der Waals surface area contributed by atoms with Gasteiger partial charge in [0.25, 0.3) is 0 Å². The molecule has 2 aromatic rings. The molecule has 0 atom stereocenters. The largest absolute Gasteiger partial charge is 0.314 e. The molecule has 3 heterocycles. The van der Waals surface area contributed by atoms with Crippen LogP contribution in [0.4, 0.5) is 0 Å². The topological polar surface area (TPSA) is 58.4 Å². The van der Waals surface area contributed by atoms with Crippen molar-refractivity contribution in [2.75, 3.05) is 26.2 Å². The van der Waals surface area contributed by atoms with E-state index in [1.54, 1.807) is 22.2 Å².